The first-order valence-corrected chi connectivity index (χ1v) is 6.65. The monoisotopic (exact) mass is 384 g/mol. The van der Waals surface area contributed by atoms with Crippen molar-refractivity contribution in [2.75, 3.05) is 32.8 Å². The molecule has 1 fully saturated rings. The van der Waals surface area contributed by atoms with Gasteiger partial charge in [-0.25, -0.2) is 4.99 Å². The van der Waals surface area contributed by atoms with Gasteiger partial charge in [-0.2, -0.15) is 0 Å². The van der Waals surface area contributed by atoms with Crippen LogP contribution >= 0.6 is 24.0 Å². The van der Waals surface area contributed by atoms with E-state index in [0.29, 0.717) is 31.8 Å². The molecule has 6 nitrogen and oxygen atoms in total. The molecule has 19 heavy (non-hydrogen) atoms. The number of nitrogens with zero attached hydrogens (tertiary/aromatic N) is 1. The van der Waals surface area contributed by atoms with Gasteiger partial charge in [0, 0.05) is 25.7 Å². The second-order valence-electron chi connectivity index (χ2n) is 4.16. The number of amides is 1. The molecule has 0 aliphatic heterocycles. The Bertz CT molecular complexity index is 283. The summed E-state index contributed by atoms with van der Waals surface area (Å²) >= 11 is 0. The zero-order valence-corrected chi connectivity index (χ0v) is 14.0. The average Bonchev–Trinajstić information content (AvgIpc) is 3.15. The maximum absolute atomic E-state index is 11.5. The number of guanidine groups is 1. The van der Waals surface area contributed by atoms with Crippen molar-refractivity contribution in [2.24, 2.45) is 4.99 Å². The fourth-order valence-electron chi connectivity index (χ4n) is 1.38. The first-order chi connectivity index (χ1) is 8.76. The van der Waals surface area contributed by atoms with E-state index in [1.165, 1.54) is 0 Å². The summed E-state index contributed by atoms with van der Waals surface area (Å²) in [5.41, 5.74) is 0. The molecule has 112 valence electrons. The first-order valence-electron chi connectivity index (χ1n) is 6.65. The second-order valence-corrected chi connectivity index (χ2v) is 4.16. The number of nitrogens with one attached hydrogen (secondary N) is 3. The highest BCUT2D eigenvalue weighted by Gasteiger charge is 2.22. The maximum atomic E-state index is 11.5. The van der Waals surface area contributed by atoms with Crippen LogP contribution in [0, 0.1) is 0 Å². The molecule has 0 aromatic heterocycles. The molecule has 0 atom stereocenters. The maximum Gasteiger partial charge on any atom is 0.242 e. The Kier molecular flexibility index (Phi) is 10.9. The molecule has 3 N–H and O–H groups in total. The van der Waals surface area contributed by atoms with E-state index in [2.05, 4.69) is 20.9 Å². The molecule has 7 heteroatoms. The van der Waals surface area contributed by atoms with Crippen LogP contribution in [-0.4, -0.2) is 50.8 Å². The number of aliphatic imine (C=N–C) groups is 1. The van der Waals surface area contributed by atoms with Crippen molar-refractivity contribution in [1.82, 2.24) is 16.0 Å². The summed E-state index contributed by atoms with van der Waals surface area (Å²) in [6.07, 6.45) is 2.20. The summed E-state index contributed by atoms with van der Waals surface area (Å²) in [5.74, 6) is 0.641. The van der Waals surface area contributed by atoms with E-state index in [4.69, 9.17) is 4.74 Å². The first kappa shape index (κ1) is 18.4. The lowest BCUT2D eigenvalue weighted by atomic mass is 10.5. The lowest BCUT2D eigenvalue weighted by molar-refractivity contribution is -0.119. The summed E-state index contributed by atoms with van der Waals surface area (Å²) in [6.45, 7) is 6.91. The van der Waals surface area contributed by atoms with E-state index in [9.17, 15) is 4.79 Å². The number of hydrogen-bond acceptors (Lipinski definition) is 3. The van der Waals surface area contributed by atoms with Gasteiger partial charge in [-0.15, -0.1) is 24.0 Å². The molecule has 1 aliphatic rings. The molecule has 1 saturated carbocycles. The van der Waals surface area contributed by atoms with E-state index in [1.54, 1.807) is 0 Å². The Hall–Kier alpha value is -0.570. The van der Waals surface area contributed by atoms with Crippen LogP contribution < -0.4 is 16.0 Å². The Balaban J connectivity index is 0.00000324. The summed E-state index contributed by atoms with van der Waals surface area (Å²) in [4.78, 5) is 15.7. The molecule has 0 saturated heterocycles. The number of hydrogen-bond donors (Lipinski definition) is 3. The van der Waals surface area contributed by atoms with Crippen molar-refractivity contribution in [2.45, 2.75) is 32.7 Å². The molecule has 1 aliphatic carbocycles. The van der Waals surface area contributed by atoms with Crippen LogP contribution in [0.5, 0.6) is 0 Å². The van der Waals surface area contributed by atoms with E-state index >= 15 is 0 Å². The minimum Gasteiger partial charge on any atom is -0.380 e. The smallest absolute Gasteiger partial charge is 0.242 e. The highest BCUT2D eigenvalue weighted by molar-refractivity contribution is 14.0. The fourth-order valence-corrected chi connectivity index (χ4v) is 1.38. The van der Waals surface area contributed by atoms with Gasteiger partial charge in [-0.1, -0.05) is 0 Å². The normalized spacial score (nSPS) is 14.5. The summed E-state index contributed by atoms with van der Waals surface area (Å²) in [5, 5.41) is 9.10. The fraction of sp³-hybridized carbons (Fsp3) is 0.833. The number of halogens is 1. The zero-order chi connectivity index (χ0) is 13.2. The van der Waals surface area contributed by atoms with Crippen LogP contribution in [-0.2, 0) is 9.53 Å². The number of ether oxygens (including phenoxy) is 1. The number of rotatable bonds is 8. The van der Waals surface area contributed by atoms with Gasteiger partial charge in [-0.3, -0.25) is 4.79 Å². The predicted octanol–water partition coefficient (Wildman–Crippen LogP) is 0.475. The van der Waals surface area contributed by atoms with Crippen LogP contribution in [0.25, 0.3) is 0 Å². The standard InChI is InChI=1S/C12H24N4O2.HI/c1-3-13-12(14-7-8-18-4-2)15-9-11(17)16-10-5-6-10;/h10H,3-9H2,1-2H3,(H,16,17)(H2,13,14,15);1H. The molecular formula is C12H25IN4O2. The Morgan fingerprint density at radius 2 is 2.05 bits per heavy atom. The molecular weight excluding hydrogens is 359 g/mol. The third-order valence-electron chi connectivity index (χ3n) is 2.41. The van der Waals surface area contributed by atoms with Crippen molar-refractivity contribution < 1.29 is 9.53 Å². The van der Waals surface area contributed by atoms with Crippen LogP contribution in [0.3, 0.4) is 0 Å². The van der Waals surface area contributed by atoms with E-state index in [-0.39, 0.29) is 36.4 Å². The quantitative estimate of drug-likeness (QED) is 0.246. The van der Waals surface area contributed by atoms with Crippen molar-refractivity contribution >= 4 is 35.8 Å². The summed E-state index contributed by atoms with van der Waals surface area (Å²) < 4.78 is 5.22. The largest absolute Gasteiger partial charge is 0.380 e. The number of carbonyl (C=O) groups excluding carboxylic acids is 1. The molecule has 0 heterocycles. The molecule has 0 radical (unpaired) electrons. The Morgan fingerprint density at radius 3 is 2.63 bits per heavy atom. The topological polar surface area (TPSA) is 74.8 Å². The number of carbonyl (C=O) groups is 1. The highest BCUT2D eigenvalue weighted by Crippen LogP contribution is 2.18. The van der Waals surface area contributed by atoms with Crippen molar-refractivity contribution in [1.29, 1.82) is 0 Å². The third-order valence-corrected chi connectivity index (χ3v) is 2.41. The van der Waals surface area contributed by atoms with Crippen molar-refractivity contribution in [3.63, 3.8) is 0 Å². The summed E-state index contributed by atoms with van der Waals surface area (Å²) in [6, 6.07) is 0.390. The highest BCUT2D eigenvalue weighted by atomic mass is 127. The lowest BCUT2D eigenvalue weighted by Crippen LogP contribution is -2.40. The van der Waals surface area contributed by atoms with E-state index in [0.717, 1.165) is 19.4 Å². The molecule has 0 bridgehead atoms. The van der Waals surface area contributed by atoms with Gasteiger partial charge in [0.1, 0.15) is 6.54 Å². The Labute approximate surface area is 132 Å². The van der Waals surface area contributed by atoms with Gasteiger partial charge in [0.2, 0.25) is 5.91 Å². The van der Waals surface area contributed by atoms with E-state index in [1.807, 2.05) is 13.8 Å². The van der Waals surface area contributed by atoms with Crippen molar-refractivity contribution in [3.05, 3.63) is 0 Å². The van der Waals surface area contributed by atoms with Gasteiger partial charge < -0.3 is 20.7 Å². The molecule has 0 aromatic rings. The average molecular weight is 384 g/mol. The van der Waals surface area contributed by atoms with Crippen LogP contribution in [0.2, 0.25) is 0 Å². The van der Waals surface area contributed by atoms with Gasteiger partial charge in [0.15, 0.2) is 5.96 Å². The molecule has 0 unspecified atom stereocenters. The minimum atomic E-state index is -0.0143. The minimum absolute atomic E-state index is 0. The molecule has 1 amide bonds. The summed E-state index contributed by atoms with van der Waals surface area (Å²) in [7, 11) is 0. The van der Waals surface area contributed by atoms with Gasteiger partial charge in [0.05, 0.1) is 6.61 Å². The molecule has 0 aromatic carbocycles. The molecule has 0 spiro atoms. The Morgan fingerprint density at radius 1 is 1.32 bits per heavy atom. The van der Waals surface area contributed by atoms with E-state index < -0.39 is 0 Å². The van der Waals surface area contributed by atoms with Crippen LogP contribution in [0.4, 0.5) is 0 Å². The SMILES string of the molecule is CCNC(=NCC(=O)NC1CC1)NCCOCC.I. The van der Waals surface area contributed by atoms with Crippen LogP contribution in [0.1, 0.15) is 26.7 Å². The molecule has 1 rings (SSSR count). The third kappa shape index (κ3) is 9.94. The van der Waals surface area contributed by atoms with Gasteiger partial charge >= 0.3 is 0 Å². The van der Waals surface area contributed by atoms with Crippen molar-refractivity contribution in [3.8, 4) is 0 Å². The van der Waals surface area contributed by atoms with Gasteiger partial charge in [0.25, 0.3) is 0 Å². The predicted molar refractivity (Wildman–Crippen MR) is 87.1 cm³/mol. The zero-order valence-electron chi connectivity index (χ0n) is 11.7. The lowest BCUT2D eigenvalue weighted by Gasteiger charge is -2.11. The second kappa shape index (κ2) is 11.3. The van der Waals surface area contributed by atoms with Gasteiger partial charge in [-0.05, 0) is 26.7 Å². The van der Waals surface area contributed by atoms with Crippen LogP contribution in [0.15, 0.2) is 4.99 Å².